The first kappa shape index (κ1) is 104. The van der Waals surface area contributed by atoms with Crippen molar-refractivity contribution in [3.8, 4) is 101 Å². The van der Waals surface area contributed by atoms with Crippen molar-refractivity contribution in [1.29, 1.82) is 0 Å². The molecule has 0 bridgehead atoms. The van der Waals surface area contributed by atoms with Crippen LogP contribution in [-0.2, 0) is 60.3 Å². The summed E-state index contributed by atoms with van der Waals surface area (Å²) in [7, 11) is 0. The van der Waals surface area contributed by atoms with Crippen molar-refractivity contribution >= 4 is 94.5 Å². The van der Waals surface area contributed by atoms with Gasteiger partial charge in [0.25, 0.3) is 0 Å². The number of nitrogens with zero attached hydrogens (tertiary/aromatic N) is 9. The molecule has 690 valence electrons. The predicted molar refractivity (Wildman–Crippen MR) is 578 cm³/mol. The van der Waals surface area contributed by atoms with Crippen LogP contribution in [0.4, 0.5) is 0 Å². The normalized spacial score (nSPS) is 10.3. The fourth-order valence-electron chi connectivity index (χ4n) is 15.0. The van der Waals surface area contributed by atoms with Crippen LogP contribution in [0.1, 0.15) is 50.9 Å². The van der Waals surface area contributed by atoms with E-state index in [9.17, 15) is 0 Å². The van der Waals surface area contributed by atoms with Gasteiger partial charge in [0.05, 0.1) is 0 Å². The summed E-state index contributed by atoms with van der Waals surface area (Å²) in [6.07, 6.45) is 5.58. The molecule has 0 saturated heterocycles. The van der Waals surface area contributed by atoms with E-state index >= 15 is 0 Å². The summed E-state index contributed by atoms with van der Waals surface area (Å²) in [6.45, 7) is 18.2. The molecule has 0 radical (unpaired) electrons. The molecule has 0 N–H and O–H groups in total. The summed E-state index contributed by atoms with van der Waals surface area (Å²) in [4.78, 5) is 39.9. The van der Waals surface area contributed by atoms with Gasteiger partial charge in [0.2, 0.25) is 0 Å². The van der Waals surface area contributed by atoms with Crippen LogP contribution in [0.5, 0.6) is 0 Å². The fourth-order valence-corrected chi connectivity index (χ4v) is 18.4. The van der Waals surface area contributed by atoms with Crippen molar-refractivity contribution in [3.63, 3.8) is 0 Å². The minimum Gasteiger partial charge on any atom is -0.305 e. The second kappa shape index (κ2) is 52.6. The van der Waals surface area contributed by atoms with Crippen molar-refractivity contribution in [1.82, 2.24) is 44.9 Å². The maximum absolute atomic E-state index is 4.51. The van der Waals surface area contributed by atoms with Crippen LogP contribution in [0.3, 0.4) is 0 Å². The Hall–Kier alpha value is -14.4. The second-order valence-corrected chi connectivity index (χ2v) is 35.7. The Morgan fingerprint density at radius 1 is 0.184 bits per heavy atom. The minimum atomic E-state index is 0. The fraction of sp³-hybridized carbons (Fsp3) is 0.0714. The van der Waals surface area contributed by atoms with Crippen molar-refractivity contribution in [3.05, 3.63) is 524 Å². The molecule has 24 aromatic rings. The Morgan fingerprint density at radius 2 is 0.475 bits per heavy atom. The van der Waals surface area contributed by atoms with E-state index < -0.39 is 0 Å². The molecule has 0 amide bonds. The molecule has 12 aromatic carbocycles. The quantitative estimate of drug-likeness (QED) is 0.130. The third kappa shape index (κ3) is 29.1. The summed E-state index contributed by atoms with van der Waals surface area (Å²) >= 11 is 5.46. The SMILES string of the molecule is Cc1cccc(-c2[c-]cccc2)n1.Cc1cccc(-c2[c-]cccc2)n1.Cc1cccc(-c2[c-]cccc2)n1.Cc1cccc(-c2[c-]cccc2)n1.Cc1cccc(-c2[c-]cccc2)n1.Cc1cccc(-c2[c-]cccc2)n1.Cc1ccnc(-c2[c-]cc3c(c2)sc2ccccc23)c1.Cc1ccnc(-c2[c-]cc3sc4ccccc4c3c2)c1.Cc1ccnc(-c2[c-]ccc3c2sc2ccccc23)c1.[Ir+3].[Ir+3].[Ir+3]. The Labute approximate surface area is 879 Å². The second-order valence-electron chi connectivity index (χ2n) is 32.4. The van der Waals surface area contributed by atoms with Gasteiger partial charge in [0.15, 0.2) is 0 Å². The molecule has 24 rings (SSSR count). The average Bonchev–Trinajstić information content (AvgIpc) is 1.61. The van der Waals surface area contributed by atoms with E-state index in [0.717, 1.165) is 135 Å². The number of fused-ring (bicyclic) bond motifs is 9. The molecular weight excluding hydrogens is 2310 g/mol. The van der Waals surface area contributed by atoms with Crippen LogP contribution in [0.15, 0.2) is 419 Å². The van der Waals surface area contributed by atoms with Crippen LogP contribution in [0, 0.1) is 117 Å². The molecule has 12 aromatic heterocycles. The van der Waals surface area contributed by atoms with Gasteiger partial charge in [-0.1, -0.05) is 178 Å². The number of rotatable bonds is 9. The Kier molecular flexibility index (Phi) is 38.8. The van der Waals surface area contributed by atoms with E-state index in [1.165, 1.54) is 77.2 Å². The first-order chi connectivity index (χ1) is 67.6. The summed E-state index contributed by atoms with van der Waals surface area (Å²) in [5.74, 6) is 0. The molecule has 0 aliphatic carbocycles. The summed E-state index contributed by atoms with van der Waals surface area (Å²) < 4.78 is 7.81. The van der Waals surface area contributed by atoms with Crippen molar-refractivity contribution in [2.24, 2.45) is 0 Å². The monoisotopic (exact) mass is 2410 g/mol. The summed E-state index contributed by atoms with van der Waals surface area (Å²) in [5.41, 5.74) is 28.3. The molecule has 0 fully saturated rings. The summed E-state index contributed by atoms with van der Waals surface area (Å²) in [6, 6.07) is 163. The molecule has 0 atom stereocenters. The number of hydrogen-bond acceptors (Lipinski definition) is 12. The molecule has 0 saturated carbocycles. The van der Waals surface area contributed by atoms with E-state index in [2.05, 4.69) is 242 Å². The summed E-state index contributed by atoms with van der Waals surface area (Å²) in [5, 5.41) is 7.81. The van der Waals surface area contributed by atoms with Crippen LogP contribution in [0.25, 0.3) is 162 Å². The number of pyridine rings is 9. The third-order valence-corrected chi connectivity index (χ3v) is 25.2. The van der Waals surface area contributed by atoms with E-state index in [0.29, 0.717) is 0 Å². The number of aromatic nitrogens is 9. The van der Waals surface area contributed by atoms with Crippen LogP contribution < -0.4 is 0 Å². The molecule has 0 unspecified atom stereocenters. The number of thiophene rings is 3. The smallest absolute Gasteiger partial charge is 0.305 e. The Bertz CT molecular complexity index is 7450. The van der Waals surface area contributed by atoms with Crippen molar-refractivity contribution in [2.45, 2.75) is 62.3 Å². The molecule has 141 heavy (non-hydrogen) atoms. The van der Waals surface area contributed by atoms with Gasteiger partial charge in [-0.05, 0) is 217 Å². The zero-order valence-electron chi connectivity index (χ0n) is 79.1. The van der Waals surface area contributed by atoms with Gasteiger partial charge in [-0.3, -0.25) is 0 Å². The van der Waals surface area contributed by atoms with Gasteiger partial charge in [0.1, 0.15) is 0 Å². The number of aryl methyl sites for hydroxylation is 9. The first-order valence-electron chi connectivity index (χ1n) is 45.3. The molecule has 0 spiro atoms. The van der Waals surface area contributed by atoms with Crippen molar-refractivity contribution < 1.29 is 60.3 Å². The van der Waals surface area contributed by atoms with E-state index in [1.807, 2.05) is 373 Å². The van der Waals surface area contributed by atoms with Crippen molar-refractivity contribution in [2.75, 3.05) is 0 Å². The number of hydrogen-bond donors (Lipinski definition) is 0. The van der Waals surface area contributed by atoms with Gasteiger partial charge in [-0.25, -0.2) is 0 Å². The molecule has 0 aliphatic rings. The maximum Gasteiger partial charge on any atom is 3.00 e. The average molecular weight is 2410 g/mol. The Morgan fingerprint density at radius 3 is 0.809 bits per heavy atom. The van der Waals surface area contributed by atoms with Gasteiger partial charge in [-0.2, -0.15) is 34.0 Å². The van der Waals surface area contributed by atoms with Crippen LogP contribution in [-0.4, -0.2) is 44.9 Å². The third-order valence-electron chi connectivity index (χ3n) is 21.8. The molecular formula is C126H96Ir3N9S3. The molecule has 0 aliphatic heterocycles. The molecule has 12 heterocycles. The Balaban J connectivity index is 0.000000134. The van der Waals surface area contributed by atoms with E-state index in [4.69, 9.17) is 0 Å². The molecule has 9 nitrogen and oxygen atoms in total. The van der Waals surface area contributed by atoms with Gasteiger partial charge in [-0.15, -0.1) is 287 Å². The topological polar surface area (TPSA) is 116 Å². The largest absolute Gasteiger partial charge is 3.00 e. The first-order valence-corrected chi connectivity index (χ1v) is 47.8. The zero-order valence-corrected chi connectivity index (χ0v) is 88.7. The standard InChI is InChI=1S/3C18H12NS.6C12H10N.3Ir/c1-12-9-10-19-16(11-12)15-7-4-6-14-13-5-2-3-8-17(13)20-18(14)15;1-12-8-9-19-16(10-12)13-6-7-18-15(11-13)14-4-2-3-5-17(14)20-18;1-12-8-9-19-16(10-12)13-6-7-15-14-4-2-3-5-17(14)20-18(15)11-13;6*1-10-6-5-9-12(13-10)11-7-3-2-4-8-11;;;/h2-6,8-11H,1H3;2*2-5,7-11H,1H3;6*2-7,9H,1H3;;;/q9*-1;3*+3. The number of benzene rings is 12. The zero-order chi connectivity index (χ0) is 95.2. The van der Waals surface area contributed by atoms with Gasteiger partial charge < -0.3 is 44.9 Å². The molecule has 15 heteroatoms. The van der Waals surface area contributed by atoms with Gasteiger partial charge in [0, 0.05) is 66.9 Å². The van der Waals surface area contributed by atoms with E-state index in [1.54, 1.807) is 0 Å². The van der Waals surface area contributed by atoms with Gasteiger partial charge >= 0.3 is 60.3 Å². The minimum absolute atomic E-state index is 0. The van der Waals surface area contributed by atoms with Crippen LogP contribution in [0.2, 0.25) is 0 Å². The predicted octanol–water partition coefficient (Wildman–Crippen LogP) is 32.8. The maximum atomic E-state index is 4.51. The van der Waals surface area contributed by atoms with Crippen LogP contribution >= 0.6 is 34.0 Å². The van der Waals surface area contributed by atoms with E-state index in [-0.39, 0.29) is 60.3 Å².